The quantitative estimate of drug-likeness (QED) is 0.250. The van der Waals surface area contributed by atoms with Crippen molar-refractivity contribution in [3.8, 4) is 0 Å². The van der Waals surface area contributed by atoms with Crippen molar-refractivity contribution < 1.29 is 33.8 Å². The Morgan fingerprint density at radius 2 is 1.67 bits per heavy atom. The molecule has 2 fully saturated rings. The highest BCUT2D eigenvalue weighted by Gasteiger charge is 2.36. The zero-order valence-corrected chi connectivity index (χ0v) is 26.4. The van der Waals surface area contributed by atoms with Gasteiger partial charge in [-0.05, 0) is 64.9 Å². The monoisotopic (exact) mass is 600 g/mol. The standard InChI is InChI=1S/C34H52N2O7/c1-23(43-34(2,3)4)31(36-33(41)42-22-25-14-9-6-10-15-25)30(39)20-27(18-24-12-7-5-8-13-24)32(40)35-28(21-37)19-26-16-11-17-29(26)38/h6,9-10,14-15,23-24,26-28,31,37H,5,7-8,11-13,16-22H2,1-4H3,(H,35,40)(H,36,41)/t23?,26-,27+,28-,31-/m0/s1. The molecular weight excluding hydrogens is 548 g/mol. The van der Waals surface area contributed by atoms with Crippen LogP contribution in [0.2, 0.25) is 0 Å². The summed E-state index contributed by atoms with van der Waals surface area (Å²) in [7, 11) is 0. The highest BCUT2D eigenvalue weighted by molar-refractivity contribution is 5.92. The molecule has 2 saturated carbocycles. The molecule has 2 aliphatic carbocycles. The third-order valence-corrected chi connectivity index (χ3v) is 8.57. The van der Waals surface area contributed by atoms with Crippen molar-refractivity contribution in [2.45, 2.75) is 129 Å². The number of amides is 2. The zero-order chi connectivity index (χ0) is 31.4. The first kappa shape index (κ1) is 34.7. The van der Waals surface area contributed by atoms with Crippen molar-refractivity contribution in [2.75, 3.05) is 6.61 Å². The molecule has 0 spiro atoms. The molecule has 5 atom stereocenters. The minimum atomic E-state index is -1.02. The summed E-state index contributed by atoms with van der Waals surface area (Å²) in [5.41, 5.74) is 0.250. The van der Waals surface area contributed by atoms with Gasteiger partial charge in [-0.25, -0.2) is 4.79 Å². The summed E-state index contributed by atoms with van der Waals surface area (Å²) in [4.78, 5) is 52.6. The summed E-state index contributed by atoms with van der Waals surface area (Å²) in [5.74, 6) is -0.874. The molecule has 2 amide bonds. The molecule has 0 radical (unpaired) electrons. The SMILES string of the molecule is CC(OC(C)(C)C)[C@H](NC(=O)OCc1ccccc1)C(=O)C[C@@H](CC1CCCCC1)C(=O)N[C@H](CO)C[C@@H]1CCCC1=O. The number of Topliss-reactive ketones (excluding diaryl/α,β-unsaturated/α-hetero) is 2. The summed E-state index contributed by atoms with van der Waals surface area (Å²) < 4.78 is 11.5. The minimum absolute atomic E-state index is 0.0564. The Morgan fingerprint density at radius 1 is 0.977 bits per heavy atom. The number of rotatable bonds is 15. The predicted molar refractivity (Wildman–Crippen MR) is 164 cm³/mol. The average molecular weight is 601 g/mol. The van der Waals surface area contributed by atoms with E-state index in [0.717, 1.165) is 44.1 Å². The Balaban J connectivity index is 1.73. The van der Waals surface area contributed by atoms with Crippen LogP contribution < -0.4 is 10.6 Å². The highest BCUT2D eigenvalue weighted by Crippen LogP contribution is 2.31. The first-order valence-corrected chi connectivity index (χ1v) is 16.1. The van der Waals surface area contributed by atoms with Crippen molar-refractivity contribution in [3.05, 3.63) is 35.9 Å². The Labute approximate surface area is 256 Å². The summed E-state index contributed by atoms with van der Waals surface area (Å²) in [6, 6.07) is 7.71. The Bertz CT molecular complexity index is 1050. The van der Waals surface area contributed by atoms with Gasteiger partial charge in [0.1, 0.15) is 18.4 Å². The van der Waals surface area contributed by atoms with Crippen LogP contribution in [0.15, 0.2) is 30.3 Å². The summed E-state index contributed by atoms with van der Waals surface area (Å²) >= 11 is 0. The second kappa shape index (κ2) is 16.9. The summed E-state index contributed by atoms with van der Waals surface area (Å²) in [6.07, 6.45) is 7.02. The molecule has 9 nitrogen and oxygen atoms in total. The van der Waals surface area contributed by atoms with E-state index in [1.165, 1.54) is 6.42 Å². The van der Waals surface area contributed by atoms with Crippen LogP contribution in [0.25, 0.3) is 0 Å². The molecule has 0 heterocycles. The van der Waals surface area contributed by atoms with Crippen LogP contribution in [0.1, 0.15) is 104 Å². The fourth-order valence-corrected chi connectivity index (χ4v) is 6.43. The van der Waals surface area contributed by atoms with Crippen LogP contribution in [-0.2, 0) is 30.5 Å². The number of hydrogen-bond acceptors (Lipinski definition) is 7. The number of aliphatic hydroxyl groups excluding tert-OH is 1. The average Bonchev–Trinajstić information content (AvgIpc) is 3.37. The number of ketones is 2. The highest BCUT2D eigenvalue weighted by atomic mass is 16.5. The second-order valence-corrected chi connectivity index (χ2v) is 13.4. The normalized spacial score (nSPS) is 20.6. The molecule has 1 aromatic carbocycles. The Hall–Kier alpha value is -2.78. The lowest BCUT2D eigenvalue weighted by atomic mass is 9.80. The summed E-state index contributed by atoms with van der Waals surface area (Å²) in [6.45, 7) is 7.16. The van der Waals surface area contributed by atoms with E-state index in [9.17, 15) is 24.3 Å². The van der Waals surface area contributed by atoms with Gasteiger partial charge in [-0.2, -0.15) is 0 Å². The van der Waals surface area contributed by atoms with Gasteiger partial charge < -0.3 is 25.2 Å². The maximum atomic E-state index is 13.9. The molecule has 1 unspecified atom stereocenters. The Kier molecular flexibility index (Phi) is 13.6. The van der Waals surface area contributed by atoms with E-state index in [4.69, 9.17) is 9.47 Å². The number of alkyl carbamates (subject to hydrolysis) is 1. The van der Waals surface area contributed by atoms with Crippen molar-refractivity contribution in [1.82, 2.24) is 10.6 Å². The number of carbonyl (C=O) groups excluding carboxylic acids is 4. The van der Waals surface area contributed by atoms with Crippen LogP contribution in [0, 0.1) is 17.8 Å². The van der Waals surface area contributed by atoms with Crippen LogP contribution >= 0.6 is 0 Å². The van der Waals surface area contributed by atoms with Gasteiger partial charge in [0.15, 0.2) is 5.78 Å². The predicted octanol–water partition coefficient (Wildman–Crippen LogP) is 5.27. The Morgan fingerprint density at radius 3 is 2.28 bits per heavy atom. The lowest BCUT2D eigenvalue weighted by Gasteiger charge is -2.32. The van der Waals surface area contributed by atoms with Crippen molar-refractivity contribution in [1.29, 1.82) is 0 Å². The third kappa shape index (κ3) is 12.0. The molecular formula is C34H52N2O7. The molecule has 43 heavy (non-hydrogen) atoms. The second-order valence-electron chi connectivity index (χ2n) is 13.4. The fraction of sp³-hybridized carbons (Fsp3) is 0.706. The van der Waals surface area contributed by atoms with E-state index >= 15 is 0 Å². The lowest BCUT2D eigenvalue weighted by molar-refractivity contribution is -0.135. The van der Waals surface area contributed by atoms with E-state index in [1.54, 1.807) is 6.92 Å². The third-order valence-electron chi connectivity index (χ3n) is 8.57. The first-order chi connectivity index (χ1) is 20.4. The van der Waals surface area contributed by atoms with Gasteiger partial charge in [-0.3, -0.25) is 14.4 Å². The van der Waals surface area contributed by atoms with Crippen LogP contribution in [0.5, 0.6) is 0 Å². The van der Waals surface area contributed by atoms with Gasteiger partial charge in [0.05, 0.1) is 24.4 Å². The van der Waals surface area contributed by atoms with Gasteiger partial charge in [0, 0.05) is 24.7 Å². The summed E-state index contributed by atoms with van der Waals surface area (Å²) in [5, 5.41) is 15.7. The first-order valence-electron chi connectivity index (χ1n) is 16.1. The van der Waals surface area contributed by atoms with Crippen LogP contribution in [0.3, 0.4) is 0 Å². The maximum Gasteiger partial charge on any atom is 0.408 e. The fourth-order valence-electron chi connectivity index (χ4n) is 6.43. The molecule has 3 rings (SSSR count). The van der Waals surface area contributed by atoms with Gasteiger partial charge in [0.25, 0.3) is 0 Å². The molecule has 0 saturated heterocycles. The van der Waals surface area contributed by atoms with Gasteiger partial charge in [0.2, 0.25) is 5.91 Å². The maximum absolute atomic E-state index is 13.9. The van der Waals surface area contributed by atoms with Gasteiger partial charge in [-0.15, -0.1) is 0 Å². The number of ether oxygens (including phenoxy) is 2. The number of benzene rings is 1. The van der Waals surface area contributed by atoms with Crippen LogP contribution in [0.4, 0.5) is 4.79 Å². The zero-order valence-electron chi connectivity index (χ0n) is 26.4. The van der Waals surface area contributed by atoms with Crippen LogP contribution in [-0.4, -0.2) is 59.1 Å². The molecule has 240 valence electrons. The van der Waals surface area contributed by atoms with Gasteiger partial charge >= 0.3 is 6.09 Å². The molecule has 0 aliphatic heterocycles. The molecule has 1 aromatic rings. The van der Waals surface area contributed by atoms with E-state index in [1.807, 2.05) is 51.1 Å². The molecule has 0 bridgehead atoms. The lowest BCUT2D eigenvalue weighted by Crippen LogP contribution is -2.52. The molecule has 3 N–H and O–H groups in total. The minimum Gasteiger partial charge on any atom is -0.445 e. The van der Waals surface area contributed by atoms with Gasteiger partial charge in [-0.1, -0.05) is 62.4 Å². The van der Waals surface area contributed by atoms with E-state index in [-0.39, 0.29) is 43.0 Å². The number of carbonyl (C=O) groups is 4. The smallest absolute Gasteiger partial charge is 0.408 e. The number of nitrogens with one attached hydrogen (secondary N) is 2. The van der Waals surface area contributed by atoms with Crippen molar-refractivity contribution in [3.63, 3.8) is 0 Å². The number of hydrogen-bond donors (Lipinski definition) is 3. The van der Waals surface area contributed by atoms with E-state index in [0.29, 0.717) is 25.2 Å². The van der Waals surface area contributed by atoms with Crippen molar-refractivity contribution >= 4 is 23.6 Å². The van der Waals surface area contributed by atoms with E-state index in [2.05, 4.69) is 10.6 Å². The topological polar surface area (TPSA) is 131 Å². The molecule has 9 heteroatoms. The molecule has 0 aromatic heterocycles. The van der Waals surface area contributed by atoms with E-state index < -0.39 is 35.8 Å². The molecule has 2 aliphatic rings. The largest absolute Gasteiger partial charge is 0.445 e. The number of aliphatic hydroxyl groups is 1. The van der Waals surface area contributed by atoms with Crippen molar-refractivity contribution in [2.24, 2.45) is 17.8 Å².